The fourth-order valence-corrected chi connectivity index (χ4v) is 4.51. The second-order valence-corrected chi connectivity index (χ2v) is 9.11. The minimum atomic E-state index is -4.55. The Labute approximate surface area is 215 Å². The number of fused-ring (bicyclic) bond motifs is 2. The molecule has 10 nitrogen and oxygen atoms in total. The highest BCUT2D eigenvalue weighted by molar-refractivity contribution is 5.75. The van der Waals surface area contributed by atoms with E-state index in [4.69, 9.17) is 14.2 Å². The molecule has 0 radical (unpaired) electrons. The number of halogens is 3. The number of piperidine rings is 1. The summed E-state index contributed by atoms with van der Waals surface area (Å²) in [6, 6.07) is 5.30. The Balaban J connectivity index is 1.10. The molecule has 0 unspecified atom stereocenters. The first-order valence-electron chi connectivity index (χ1n) is 12.2. The van der Waals surface area contributed by atoms with Crippen LogP contribution in [0.3, 0.4) is 0 Å². The van der Waals surface area contributed by atoms with Crippen LogP contribution in [0, 0.1) is 0 Å². The molecule has 1 fully saturated rings. The molecule has 0 spiro atoms. The molecular formula is C25H26F3N5O5. The molecule has 2 aliphatic heterocycles. The second kappa shape index (κ2) is 10.9. The van der Waals surface area contributed by atoms with E-state index in [-0.39, 0.29) is 30.3 Å². The Morgan fingerprint density at radius 3 is 2.58 bits per heavy atom. The van der Waals surface area contributed by atoms with Crippen LogP contribution in [0.15, 0.2) is 41.5 Å². The highest BCUT2D eigenvalue weighted by Crippen LogP contribution is 2.30. The third kappa shape index (κ3) is 5.98. The maximum absolute atomic E-state index is 13.2. The average molecular weight is 534 g/mol. The normalized spacial score (nSPS) is 16.4. The van der Waals surface area contributed by atoms with Gasteiger partial charge in [0.15, 0.2) is 11.5 Å². The first-order valence-corrected chi connectivity index (χ1v) is 12.2. The molecule has 0 aromatic carbocycles. The molecule has 5 heterocycles. The highest BCUT2D eigenvalue weighted by Gasteiger charge is 2.31. The van der Waals surface area contributed by atoms with E-state index in [9.17, 15) is 22.8 Å². The Morgan fingerprint density at radius 1 is 1.05 bits per heavy atom. The van der Waals surface area contributed by atoms with Gasteiger partial charge in [0.25, 0.3) is 5.56 Å². The van der Waals surface area contributed by atoms with Crippen LogP contribution < -0.4 is 20.3 Å². The minimum Gasteiger partial charge on any atom is -0.486 e. The number of alkyl halides is 3. The van der Waals surface area contributed by atoms with Crippen molar-refractivity contribution in [2.24, 2.45) is 0 Å². The molecule has 0 aliphatic carbocycles. The third-order valence-electron chi connectivity index (χ3n) is 6.55. The number of aromatic nitrogens is 3. The summed E-state index contributed by atoms with van der Waals surface area (Å²) in [5, 5.41) is 2.86. The van der Waals surface area contributed by atoms with Gasteiger partial charge in [-0.3, -0.25) is 14.8 Å². The molecule has 0 bridgehead atoms. The summed E-state index contributed by atoms with van der Waals surface area (Å²) in [4.78, 5) is 34.9. The fourth-order valence-electron chi connectivity index (χ4n) is 4.51. The monoisotopic (exact) mass is 533 g/mol. The maximum atomic E-state index is 13.2. The Hall–Kier alpha value is -3.87. The molecule has 38 heavy (non-hydrogen) atoms. The molecule has 13 heteroatoms. The zero-order valence-corrected chi connectivity index (χ0v) is 20.4. The lowest BCUT2D eigenvalue weighted by atomic mass is 10.1. The van der Waals surface area contributed by atoms with E-state index in [1.807, 2.05) is 0 Å². The number of nitrogens with one attached hydrogen (secondary N) is 1. The molecule has 0 saturated carbocycles. The fraction of sp³-hybridized carbons (Fsp3) is 0.440. The van der Waals surface area contributed by atoms with Crippen LogP contribution in [-0.4, -0.2) is 64.4 Å². The lowest BCUT2D eigenvalue weighted by Gasteiger charge is -2.32. The number of carbonyl (C=O) groups is 1. The molecular weight excluding hydrogens is 507 g/mol. The number of hydrogen-bond donors (Lipinski definition) is 1. The van der Waals surface area contributed by atoms with E-state index in [2.05, 4.69) is 20.2 Å². The largest absolute Gasteiger partial charge is 0.486 e. The number of amides is 1. The first kappa shape index (κ1) is 25.8. The van der Waals surface area contributed by atoms with Crippen LogP contribution in [0.2, 0.25) is 0 Å². The average Bonchev–Trinajstić information content (AvgIpc) is 2.91. The van der Waals surface area contributed by atoms with E-state index in [0.29, 0.717) is 68.4 Å². The van der Waals surface area contributed by atoms with Crippen molar-refractivity contribution >= 4 is 17.1 Å². The number of carbonyl (C=O) groups excluding carboxylic acids is 1. The van der Waals surface area contributed by atoms with Crippen LogP contribution >= 0.6 is 0 Å². The predicted octanol–water partition coefficient (Wildman–Crippen LogP) is 2.97. The van der Waals surface area contributed by atoms with Gasteiger partial charge in [0, 0.05) is 50.6 Å². The third-order valence-corrected chi connectivity index (χ3v) is 6.55. The quantitative estimate of drug-likeness (QED) is 0.516. The van der Waals surface area contributed by atoms with Crippen LogP contribution in [0.25, 0.3) is 11.0 Å². The van der Waals surface area contributed by atoms with Gasteiger partial charge < -0.3 is 29.0 Å². The van der Waals surface area contributed by atoms with Crippen LogP contribution in [0.5, 0.6) is 11.5 Å². The number of hydrogen-bond acceptors (Lipinski definition) is 8. The maximum Gasteiger partial charge on any atom is 0.417 e. The predicted molar refractivity (Wildman–Crippen MR) is 129 cm³/mol. The van der Waals surface area contributed by atoms with Gasteiger partial charge in [-0.15, -0.1) is 0 Å². The van der Waals surface area contributed by atoms with E-state index in [0.717, 1.165) is 12.3 Å². The minimum absolute atomic E-state index is 0.00792. The summed E-state index contributed by atoms with van der Waals surface area (Å²) in [5.41, 5.74) is -0.261. The van der Waals surface area contributed by atoms with Crippen molar-refractivity contribution in [3.63, 3.8) is 0 Å². The summed E-state index contributed by atoms with van der Waals surface area (Å²) in [6.45, 7) is 2.91. The van der Waals surface area contributed by atoms with Gasteiger partial charge >= 0.3 is 12.3 Å². The Bertz CT molecular complexity index is 1370. The van der Waals surface area contributed by atoms with Gasteiger partial charge in [0.2, 0.25) is 0 Å². The molecule has 3 aromatic rings. The SMILES string of the molecule is O=C(NC1CCN(CCn2c(=O)ccc3ncc(C(F)(F)F)cc32)CC1)OCc1cc2c(cn1)OCCO2. The highest BCUT2D eigenvalue weighted by atomic mass is 19.4. The van der Waals surface area contributed by atoms with Gasteiger partial charge in [-0.25, -0.2) is 4.79 Å². The van der Waals surface area contributed by atoms with Crippen molar-refractivity contribution in [1.29, 1.82) is 0 Å². The van der Waals surface area contributed by atoms with Gasteiger partial charge in [-0.05, 0) is 25.0 Å². The van der Waals surface area contributed by atoms with Crippen molar-refractivity contribution in [3.8, 4) is 11.5 Å². The van der Waals surface area contributed by atoms with E-state index in [1.54, 1.807) is 12.3 Å². The molecule has 3 aromatic heterocycles. The molecule has 1 N–H and O–H groups in total. The van der Waals surface area contributed by atoms with Crippen LogP contribution in [-0.2, 0) is 24.1 Å². The van der Waals surface area contributed by atoms with Gasteiger partial charge in [-0.1, -0.05) is 0 Å². The molecule has 0 atom stereocenters. The summed E-state index contributed by atoms with van der Waals surface area (Å²) in [6.07, 6.45) is -1.45. The number of rotatable bonds is 6. The van der Waals surface area contributed by atoms with Crippen LogP contribution in [0.4, 0.5) is 18.0 Å². The van der Waals surface area contributed by atoms with Crippen molar-refractivity contribution in [3.05, 3.63) is 58.3 Å². The summed E-state index contributed by atoms with van der Waals surface area (Å²) in [5.74, 6) is 1.13. The number of nitrogens with zero attached hydrogens (tertiary/aromatic N) is 4. The van der Waals surface area contributed by atoms with Gasteiger partial charge in [0.1, 0.15) is 19.8 Å². The smallest absolute Gasteiger partial charge is 0.417 e. The van der Waals surface area contributed by atoms with Gasteiger partial charge in [-0.2, -0.15) is 13.2 Å². The molecule has 202 valence electrons. The molecule has 2 aliphatic rings. The number of ether oxygens (including phenoxy) is 3. The first-order chi connectivity index (χ1) is 18.3. The lowest BCUT2D eigenvalue weighted by molar-refractivity contribution is -0.137. The molecule has 1 amide bonds. The summed E-state index contributed by atoms with van der Waals surface area (Å²) in [7, 11) is 0. The standard InChI is InChI=1S/C25H26F3N5O5/c26-25(27,28)16-11-20-19(30-13-16)1-2-23(34)33(20)8-7-32-5-3-17(4-6-32)31-24(35)38-15-18-12-21-22(14-29-18)37-10-9-36-21/h1-2,11-14,17H,3-10,15H2,(H,31,35). The van der Waals surface area contributed by atoms with E-state index in [1.165, 1.54) is 16.7 Å². The van der Waals surface area contributed by atoms with Crippen molar-refractivity contribution in [1.82, 2.24) is 24.8 Å². The van der Waals surface area contributed by atoms with Gasteiger partial charge in [0.05, 0.1) is 28.5 Å². The van der Waals surface area contributed by atoms with Crippen molar-refractivity contribution < 1.29 is 32.2 Å². The Kier molecular flexibility index (Phi) is 7.36. The number of likely N-dealkylation sites (tertiary alicyclic amines) is 1. The van der Waals surface area contributed by atoms with Crippen molar-refractivity contribution in [2.45, 2.75) is 38.2 Å². The number of alkyl carbamates (subject to hydrolysis) is 1. The zero-order chi connectivity index (χ0) is 26.7. The van der Waals surface area contributed by atoms with Crippen LogP contribution in [0.1, 0.15) is 24.1 Å². The van der Waals surface area contributed by atoms with E-state index < -0.39 is 17.8 Å². The molecule has 5 rings (SSSR count). The topological polar surface area (TPSA) is 108 Å². The zero-order valence-electron chi connectivity index (χ0n) is 20.4. The van der Waals surface area contributed by atoms with Crippen molar-refractivity contribution in [2.75, 3.05) is 32.8 Å². The summed E-state index contributed by atoms with van der Waals surface area (Å²) < 4.78 is 57.0. The number of pyridine rings is 3. The summed E-state index contributed by atoms with van der Waals surface area (Å²) >= 11 is 0. The van der Waals surface area contributed by atoms with E-state index >= 15 is 0 Å². The molecule has 1 saturated heterocycles. The Morgan fingerprint density at radius 2 is 1.82 bits per heavy atom. The second-order valence-electron chi connectivity index (χ2n) is 9.11. The lowest BCUT2D eigenvalue weighted by Crippen LogP contribution is -2.45.